The molecule has 0 radical (unpaired) electrons. The van der Waals surface area contributed by atoms with Crippen LogP contribution in [0.25, 0.3) is 0 Å². The lowest BCUT2D eigenvalue weighted by molar-refractivity contribution is 0.313. The zero-order valence-electron chi connectivity index (χ0n) is 11.0. The van der Waals surface area contributed by atoms with Crippen LogP contribution in [0.1, 0.15) is 27.7 Å². The zero-order chi connectivity index (χ0) is 12.0. The van der Waals surface area contributed by atoms with Crippen molar-refractivity contribution in [1.29, 1.82) is 0 Å². The van der Waals surface area contributed by atoms with Crippen LogP contribution in [0, 0.1) is 5.92 Å². The van der Waals surface area contributed by atoms with Gasteiger partial charge in [-0.15, -0.1) is 0 Å². The fourth-order valence-corrected chi connectivity index (χ4v) is 2.92. The van der Waals surface area contributed by atoms with Gasteiger partial charge in [-0.2, -0.15) is 0 Å². The SMILES string of the molecule is CCN(CC)CCN=C1N[C@@H](C(C)C)CS1. The van der Waals surface area contributed by atoms with Crippen molar-refractivity contribution in [2.75, 3.05) is 31.9 Å². The van der Waals surface area contributed by atoms with Gasteiger partial charge in [-0.05, 0) is 19.0 Å². The molecule has 0 unspecified atom stereocenters. The number of likely N-dealkylation sites (N-methyl/N-ethyl adjacent to an activating group) is 1. The lowest BCUT2D eigenvalue weighted by atomic mass is 10.1. The van der Waals surface area contributed by atoms with Gasteiger partial charge in [-0.1, -0.05) is 39.5 Å². The number of amidine groups is 1. The van der Waals surface area contributed by atoms with E-state index in [-0.39, 0.29) is 0 Å². The molecule has 0 bridgehead atoms. The fraction of sp³-hybridized carbons (Fsp3) is 0.917. The van der Waals surface area contributed by atoms with Crippen molar-refractivity contribution in [2.45, 2.75) is 33.7 Å². The monoisotopic (exact) mass is 243 g/mol. The number of hydrogen-bond acceptors (Lipinski definition) is 3. The van der Waals surface area contributed by atoms with E-state index in [0.29, 0.717) is 12.0 Å². The lowest BCUT2D eigenvalue weighted by Crippen LogP contribution is -2.32. The van der Waals surface area contributed by atoms with E-state index < -0.39 is 0 Å². The molecule has 94 valence electrons. The maximum Gasteiger partial charge on any atom is 0.156 e. The van der Waals surface area contributed by atoms with Gasteiger partial charge in [0.05, 0.1) is 6.54 Å². The number of hydrogen-bond donors (Lipinski definition) is 1. The van der Waals surface area contributed by atoms with Crippen LogP contribution in [0.15, 0.2) is 4.99 Å². The van der Waals surface area contributed by atoms with Crippen molar-refractivity contribution >= 4 is 16.9 Å². The molecule has 0 amide bonds. The molecule has 0 aliphatic carbocycles. The van der Waals surface area contributed by atoms with Gasteiger partial charge in [0.25, 0.3) is 0 Å². The van der Waals surface area contributed by atoms with Gasteiger partial charge in [0.1, 0.15) is 0 Å². The van der Waals surface area contributed by atoms with E-state index >= 15 is 0 Å². The molecule has 1 aliphatic heterocycles. The summed E-state index contributed by atoms with van der Waals surface area (Å²) >= 11 is 1.87. The van der Waals surface area contributed by atoms with Crippen LogP contribution in [0.3, 0.4) is 0 Å². The normalized spacial score (nSPS) is 23.4. The molecule has 1 atom stereocenters. The number of thioether (sulfide) groups is 1. The summed E-state index contributed by atoms with van der Waals surface area (Å²) in [5.41, 5.74) is 0. The molecule has 0 spiro atoms. The molecule has 0 aromatic heterocycles. The van der Waals surface area contributed by atoms with Crippen LogP contribution >= 0.6 is 11.8 Å². The van der Waals surface area contributed by atoms with Crippen molar-refractivity contribution in [3.8, 4) is 0 Å². The average molecular weight is 243 g/mol. The molecular weight excluding hydrogens is 218 g/mol. The molecule has 0 aromatic rings. The maximum absolute atomic E-state index is 4.62. The highest BCUT2D eigenvalue weighted by Gasteiger charge is 2.22. The Bertz CT molecular complexity index is 224. The van der Waals surface area contributed by atoms with Crippen LogP contribution in [-0.2, 0) is 0 Å². The molecule has 4 heteroatoms. The van der Waals surface area contributed by atoms with E-state index in [0.717, 1.165) is 31.3 Å². The Morgan fingerprint density at radius 3 is 2.62 bits per heavy atom. The standard InChI is InChI=1S/C12H25N3S/c1-5-15(6-2)8-7-13-12-14-11(9-16-12)10(3)4/h10-11H,5-9H2,1-4H3,(H,13,14)/t11-/m1/s1. The Hall–Kier alpha value is -0.220. The summed E-state index contributed by atoms with van der Waals surface area (Å²) in [6.07, 6.45) is 0. The lowest BCUT2D eigenvalue weighted by Gasteiger charge is -2.16. The number of nitrogens with zero attached hydrogens (tertiary/aromatic N) is 2. The Kier molecular flexibility index (Phi) is 6.21. The molecule has 3 nitrogen and oxygen atoms in total. The van der Waals surface area contributed by atoms with Gasteiger partial charge < -0.3 is 10.2 Å². The predicted molar refractivity (Wildman–Crippen MR) is 74.3 cm³/mol. The van der Waals surface area contributed by atoms with Gasteiger partial charge in [-0.3, -0.25) is 4.99 Å². The minimum atomic E-state index is 0.609. The number of rotatable bonds is 6. The highest BCUT2D eigenvalue weighted by molar-refractivity contribution is 8.14. The largest absolute Gasteiger partial charge is 0.361 e. The summed E-state index contributed by atoms with van der Waals surface area (Å²) in [5, 5.41) is 4.64. The van der Waals surface area contributed by atoms with E-state index in [1.54, 1.807) is 0 Å². The van der Waals surface area contributed by atoms with Crippen molar-refractivity contribution < 1.29 is 0 Å². The first kappa shape index (κ1) is 13.8. The Morgan fingerprint density at radius 2 is 2.12 bits per heavy atom. The molecule has 1 fully saturated rings. The third kappa shape index (κ3) is 4.34. The van der Waals surface area contributed by atoms with E-state index in [2.05, 4.69) is 42.9 Å². The van der Waals surface area contributed by atoms with Gasteiger partial charge in [0.15, 0.2) is 5.17 Å². The fourth-order valence-electron chi connectivity index (χ4n) is 1.69. The molecule has 1 saturated heterocycles. The molecule has 16 heavy (non-hydrogen) atoms. The Balaban J connectivity index is 2.26. The van der Waals surface area contributed by atoms with Crippen molar-refractivity contribution in [3.63, 3.8) is 0 Å². The van der Waals surface area contributed by atoms with Crippen LogP contribution in [0.4, 0.5) is 0 Å². The first-order chi connectivity index (χ1) is 7.67. The molecule has 1 N–H and O–H groups in total. The second-order valence-corrected chi connectivity index (χ2v) is 5.53. The van der Waals surface area contributed by atoms with Gasteiger partial charge in [0, 0.05) is 18.3 Å². The van der Waals surface area contributed by atoms with Gasteiger partial charge in [-0.25, -0.2) is 0 Å². The van der Waals surface area contributed by atoms with E-state index in [9.17, 15) is 0 Å². The summed E-state index contributed by atoms with van der Waals surface area (Å²) in [4.78, 5) is 7.02. The second-order valence-electron chi connectivity index (χ2n) is 4.52. The molecular formula is C12H25N3S. The van der Waals surface area contributed by atoms with Crippen LogP contribution < -0.4 is 5.32 Å². The molecule has 0 aromatic carbocycles. The number of nitrogens with one attached hydrogen (secondary N) is 1. The maximum atomic E-state index is 4.62. The first-order valence-electron chi connectivity index (χ1n) is 6.33. The van der Waals surface area contributed by atoms with E-state index in [4.69, 9.17) is 0 Å². The topological polar surface area (TPSA) is 27.6 Å². The van der Waals surface area contributed by atoms with Crippen molar-refractivity contribution in [2.24, 2.45) is 10.9 Å². The third-order valence-electron chi connectivity index (χ3n) is 3.08. The molecule has 1 rings (SSSR count). The van der Waals surface area contributed by atoms with Crippen molar-refractivity contribution in [3.05, 3.63) is 0 Å². The second kappa shape index (κ2) is 7.17. The summed E-state index contributed by atoms with van der Waals surface area (Å²) < 4.78 is 0. The highest BCUT2D eigenvalue weighted by Crippen LogP contribution is 2.18. The minimum Gasteiger partial charge on any atom is -0.361 e. The van der Waals surface area contributed by atoms with Crippen LogP contribution in [-0.4, -0.2) is 48.0 Å². The quantitative estimate of drug-likeness (QED) is 0.774. The zero-order valence-corrected chi connectivity index (χ0v) is 11.8. The summed E-state index contributed by atoms with van der Waals surface area (Å²) in [6.45, 7) is 13.2. The molecule has 1 heterocycles. The Labute approximate surface area is 104 Å². The van der Waals surface area contributed by atoms with E-state index in [1.807, 2.05) is 11.8 Å². The summed E-state index contributed by atoms with van der Waals surface area (Å²) in [6, 6.07) is 0.609. The first-order valence-corrected chi connectivity index (χ1v) is 7.32. The summed E-state index contributed by atoms with van der Waals surface area (Å²) in [7, 11) is 0. The smallest absolute Gasteiger partial charge is 0.156 e. The minimum absolute atomic E-state index is 0.609. The third-order valence-corrected chi connectivity index (χ3v) is 4.13. The summed E-state index contributed by atoms with van der Waals surface area (Å²) in [5.74, 6) is 1.87. The average Bonchev–Trinajstić information content (AvgIpc) is 2.73. The van der Waals surface area contributed by atoms with Gasteiger partial charge >= 0.3 is 0 Å². The predicted octanol–water partition coefficient (Wildman–Crippen LogP) is 2.05. The number of aliphatic imine (C=N–C) groups is 1. The molecule has 1 aliphatic rings. The van der Waals surface area contributed by atoms with Crippen LogP contribution in [0.5, 0.6) is 0 Å². The van der Waals surface area contributed by atoms with E-state index in [1.165, 1.54) is 5.75 Å². The Morgan fingerprint density at radius 1 is 1.44 bits per heavy atom. The van der Waals surface area contributed by atoms with Crippen molar-refractivity contribution in [1.82, 2.24) is 10.2 Å². The van der Waals surface area contributed by atoms with Crippen LogP contribution in [0.2, 0.25) is 0 Å². The molecule has 0 saturated carbocycles. The highest BCUT2D eigenvalue weighted by atomic mass is 32.2. The van der Waals surface area contributed by atoms with Gasteiger partial charge in [0.2, 0.25) is 0 Å².